The van der Waals surface area contributed by atoms with Gasteiger partial charge in [-0.25, -0.2) is 0 Å². The number of carbonyl (C=O) groups is 6. The standard InChI is InChI=1S/C33H25N3O10/c1-13(39)44-12-21-29(43-3)30(45-14(2)40)28-33(46-21)36-20-7-5-16(11-38)9-18(20)23-25-24(31(41)34-32(25)42)22-17-8-15(10-37)4-6-19(17)35(28)26(22)27(23)36/h4-11,21,28-30,33H,12H2,1-3H3,(H,34,41,42)/t21-,28+,29-,30-,33-/m1/s1. The second-order valence-corrected chi connectivity index (χ2v) is 11.6. The van der Waals surface area contributed by atoms with E-state index in [1.165, 1.54) is 21.0 Å². The van der Waals surface area contributed by atoms with Crippen molar-refractivity contribution in [3.05, 3.63) is 58.7 Å². The number of nitrogens with zero attached hydrogens (tertiary/aromatic N) is 2. The molecule has 5 heterocycles. The first-order valence-electron chi connectivity index (χ1n) is 14.5. The highest BCUT2D eigenvalue weighted by Crippen LogP contribution is 2.54. The highest BCUT2D eigenvalue weighted by Gasteiger charge is 2.54. The Hall–Kier alpha value is -5.40. The second-order valence-electron chi connectivity index (χ2n) is 11.6. The van der Waals surface area contributed by atoms with Gasteiger partial charge in [-0.05, 0) is 36.4 Å². The maximum Gasteiger partial charge on any atom is 0.303 e. The van der Waals surface area contributed by atoms with Crippen LogP contribution >= 0.6 is 0 Å². The molecule has 232 valence electrons. The van der Waals surface area contributed by atoms with Gasteiger partial charge in [0.15, 0.2) is 12.3 Å². The number of benzene rings is 3. The number of methoxy groups -OCH3 is 1. The topological polar surface area (TPSA) is 161 Å². The second kappa shape index (κ2) is 9.80. The highest BCUT2D eigenvalue weighted by molar-refractivity contribution is 6.39. The smallest absolute Gasteiger partial charge is 0.303 e. The molecule has 3 aliphatic heterocycles. The quantitative estimate of drug-likeness (QED) is 0.169. The number of hydrogen-bond donors (Lipinski definition) is 1. The molecule has 46 heavy (non-hydrogen) atoms. The van der Waals surface area contributed by atoms with Crippen LogP contribution in [0.5, 0.6) is 0 Å². The summed E-state index contributed by atoms with van der Waals surface area (Å²) in [6.45, 7) is 2.34. The summed E-state index contributed by atoms with van der Waals surface area (Å²) in [5, 5.41) is 4.39. The summed E-state index contributed by atoms with van der Waals surface area (Å²) in [4.78, 5) is 75.5. The molecule has 0 radical (unpaired) electrons. The van der Waals surface area contributed by atoms with Gasteiger partial charge in [0.2, 0.25) is 0 Å². The number of aromatic nitrogens is 2. The number of nitrogens with one attached hydrogen (secondary N) is 1. The molecule has 2 amide bonds. The minimum Gasteiger partial charge on any atom is -0.463 e. The zero-order valence-electron chi connectivity index (χ0n) is 24.7. The van der Waals surface area contributed by atoms with Crippen molar-refractivity contribution in [2.75, 3.05) is 13.7 Å². The maximum absolute atomic E-state index is 13.6. The van der Waals surface area contributed by atoms with Gasteiger partial charge >= 0.3 is 11.9 Å². The average molecular weight is 624 g/mol. The molecule has 5 atom stereocenters. The molecule has 1 N–H and O–H groups in total. The van der Waals surface area contributed by atoms with Crippen LogP contribution < -0.4 is 5.32 Å². The van der Waals surface area contributed by atoms with Gasteiger partial charge in [-0.2, -0.15) is 0 Å². The van der Waals surface area contributed by atoms with Crippen LogP contribution in [0.3, 0.4) is 0 Å². The molecule has 3 aromatic carbocycles. The van der Waals surface area contributed by atoms with Gasteiger partial charge in [0.25, 0.3) is 11.8 Å². The number of hydrogen-bond acceptors (Lipinski definition) is 10. The summed E-state index contributed by atoms with van der Waals surface area (Å²) < 4.78 is 27.8. The zero-order chi connectivity index (χ0) is 32.2. The summed E-state index contributed by atoms with van der Waals surface area (Å²) in [5.41, 5.74) is 3.28. The van der Waals surface area contributed by atoms with Crippen LogP contribution in [0.25, 0.3) is 43.6 Å². The van der Waals surface area contributed by atoms with Crippen molar-refractivity contribution >= 4 is 79.9 Å². The fourth-order valence-corrected chi connectivity index (χ4v) is 7.63. The number of carbonyl (C=O) groups excluding carboxylic acids is 6. The van der Waals surface area contributed by atoms with Gasteiger partial charge in [0.1, 0.15) is 37.4 Å². The first-order chi connectivity index (χ1) is 22.2. The normalized spacial score (nSPS) is 23.2. The van der Waals surface area contributed by atoms with Crippen molar-refractivity contribution in [3.63, 3.8) is 0 Å². The lowest BCUT2D eigenvalue weighted by Gasteiger charge is -2.48. The van der Waals surface area contributed by atoms with Crippen LogP contribution in [0, 0.1) is 0 Å². The monoisotopic (exact) mass is 623 g/mol. The van der Waals surface area contributed by atoms with Crippen molar-refractivity contribution in [2.45, 2.75) is 44.4 Å². The van der Waals surface area contributed by atoms with Gasteiger partial charge in [-0.1, -0.05) is 0 Å². The molecule has 3 aliphatic rings. The van der Waals surface area contributed by atoms with Crippen molar-refractivity contribution in [3.8, 4) is 0 Å². The fourth-order valence-electron chi connectivity index (χ4n) is 7.63. The number of esters is 2. The zero-order valence-corrected chi connectivity index (χ0v) is 24.7. The van der Waals surface area contributed by atoms with E-state index in [0.29, 0.717) is 67.3 Å². The van der Waals surface area contributed by atoms with E-state index in [1.807, 2.05) is 9.13 Å². The Balaban J connectivity index is 1.59. The largest absolute Gasteiger partial charge is 0.463 e. The molecule has 1 saturated heterocycles. The Morgan fingerprint density at radius 3 is 1.93 bits per heavy atom. The van der Waals surface area contributed by atoms with Crippen molar-refractivity contribution < 1.29 is 47.7 Å². The van der Waals surface area contributed by atoms with Crippen LogP contribution in [0.1, 0.15) is 67.5 Å². The Morgan fingerprint density at radius 1 is 0.848 bits per heavy atom. The molecule has 0 aliphatic carbocycles. The molecule has 0 spiro atoms. The lowest BCUT2D eigenvalue weighted by molar-refractivity contribution is -0.241. The Bertz CT molecular complexity index is 2260. The first kappa shape index (κ1) is 28.1. The van der Waals surface area contributed by atoms with Crippen LogP contribution in [-0.4, -0.2) is 77.5 Å². The molecule has 5 aromatic rings. The van der Waals surface area contributed by atoms with Gasteiger partial charge in [-0.3, -0.25) is 34.1 Å². The van der Waals surface area contributed by atoms with Gasteiger partial charge in [-0.15, -0.1) is 0 Å². The third kappa shape index (κ3) is 3.57. The predicted molar refractivity (Wildman–Crippen MR) is 161 cm³/mol. The Labute approximate surface area is 258 Å². The number of ether oxygens (including phenoxy) is 4. The van der Waals surface area contributed by atoms with Crippen LogP contribution in [0.4, 0.5) is 0 Å². The Kier molecular flexibility index (Phi) is 5.99. The van der Waals surface area contributed by atoms with E-state index in [4.69, 9.17) is 18.9 Å². The van der Waals surface area contributed by atoms with Crippen molar-refractivity contribution in [1.82, 2.24) is 14.5 Å². The minimum absolute atomic E-state index is 0.144. The Morgan fingerprint density at radius 2 is 1.41 bits per heavy atom. The number of rotatable bonds is 6. The van der Waals surface area contributed by atoms with Crippen LogP contribution in [0.15, 0.2) is 36.4 Å². The molecule has 0 saturated carbocycles. The molecule has 8 rings (SSSR count). The van der Waals surface area contributed by atoms with Gasteiger partial charge < -0.3 is 28.1 Å². The molecule has 13 nitrogen and oxygen atoms in total. The van der Waals surface area contributed by atoms with E-state index < -0.39 is 54.3 Å². The highest BCUT2D eigenvalue weighted by atomic mass is 16.6. The molecular formula is C33H25N3O10. The summed E-state index contributed by atoms with van der Waals surface area (Å²) in [7, 11) is 1.44. The number of aldehydes is 2. The average Bonchev–Trinajstić information content (AvgIpc) is 3.65. The summed E-state index contributed by atoms with van der Waals surface area (Å²) in [6.07, 6.45) is -2.32. The van der Waals surface area contributed by atoms with Gasteiger partial charge in [0, 0.05) is 59.1 Å². The lowest BCUT2D eigenvalue weighted by Crippen LogP contribution is -2.57. The van der Waals surface area contributed by atoms with Gasteiger partial charge in [0.05, 0.1) is 27.7 Å². The van der Waals surface area contributed by atoms with E-state index in [-0.39, 0.29) is 17.7 Å². The van der Waals surface area contributed by atoms with E-state index in [0.717, 1.165) is 0 Å². The fraction of sp³-hybridized carbons (Fsp3) is 0.273. The van der Waals surface area contributed by atoms with E-state index >= 15 is 0 Å². The van der Waals surface area contributed by atoms with Crippen LogP contribution in [0.2, 0.25) is 0 Å². The summed E-state index contributed by atoms with van der Waals surface area (Å²) in [6, 6.07) is 9.25. The molecule has 1 fully saturated rings. The number of amides is 2. The van der Waals surface area contributed by atoms with Crippen LogP contribution in [-0.2, 0) is 28.5 Å². The van der Waals surface area contributed by atoms with E-state index in [2.05, 4.69) is 5.32 Å². The van der Waals surface area contributed by atoms with Crippen molar-refractivity contribution in [2.24, 2.45) is 0 Å². The SMILES string of the molecule is CO[C@H]1[C@H](OC(C)=O)[C@H]2[C@@H](O[C@@H]1COC(C)=O)n1c3ccc(C=O)cc3c3c4c(c5c6cc(C=O)ccc6n2c5c31)C(=O)NC4=O. The number of imide groups is 1. The molecule has 0 unspecified atom stereocenters. The van der Waals surface area contributed by atoms with E-state index in [9.17, 15) is 28.8 Å². The summed E-state index contributed by atoms with van der Waals surface area (Å²) in [5.74, 6) is -2.32. The third-order valence-electron chi connectivity index (χ3n) is 9.19. The maximum atomic E-state index is 13.6. The minimum atomic E-state index is -0.995. The molecular weight excluding hydrogens is 598 g/mol. The van der Waals surface area contributed by atoms with Crippen molar-refractivity contribution in [1.29, 1.82) is 0 Å². The molecule has 2 aromatic heterocycles. The predicted octanol–water partition coefficient (Wildman–Crippen LogP) is 3.37. The molecule has 13 heteroatoms. The third-order valence-corrected chi connectivity index (χ3v) is 9.19. The first-order valence-corrected chi connectivity index (χ1v) is 14.5. The lowest BCUT2D eigenvalue weighted by atomic mass is 9.92. The summed E-state index contributed by atoms with van der Waals surface area (Å²) >= 11 is 0. The van der Waals surface area contributed by atoms with E-state index in [1.54, 1.807) is 36.4 Å². The molecule has 0 bridgehead atoms. The number of fused-ring (bicyclic) bond motifs is 12.